The molecule has 0 saturated heterocycles. The molecule has 0 aliphatic carbocycles. The first kappa shape index (κ1) is 17.4. The van der Waals surface area contributed by atoms with Crippen LogP contribution in [-0.2, 0) is 11.3 Å². The molecule has 118 valence electrons. The molecule has 1 aromatic rings. The fourth-order valence-corrected chi connectivity index (χ4v) is 1.72. The van der Waals surface area contributed by atoms with E-state index >= 15 is 0 Å². The Morgan fingerprint density at radius 2 is 2.19 bits per heavy atom. The van der Waals surface area contributed by atoms with Gasteiger partial charge in [-0.2, -0.15) is 0 Å². The lowest BCUT2D eigenvalue weighted by Crippen LogP contribution is -2.41. The summed E-state index contributed by atoms with van der Waals surface area (Å²) in [7, 11) is 3.80. The molecule has 0 bridgehead atoms. The van der Waals surface area contributed by atoms with E-state index in [1.54, 1.807) is 13.3 Å². The van der Waals surface area contributed by atoms with Gasteiger partial charge in [0, 0.05) is 39.5 Å². The van der Waals surface area contributed by atoms with Crippen LogP contribution >= 0.6 is 0 Å². The predicted octanol–water partition coefficient (Wildman–Crippen LogP) is 0.715. The number of methoxy groups -OCH3 is 1. The van der Waals surface area contributed by atoms with Gasteiger partial charge in [-0.3, -0.25) is 4.98 Å². The monoisotopic (exact) mass is 293 g/mol. The first-order chi connectivity index (χ1) is 10.3. The van der Waals surface area contributed by atoms with Gasteiger partial charge in [-0.25, -0.2) is 4.99 Å². The molecular weight excluding hydrogens is 266 g/mol. The molecule has 1 rings (SSSR count). The van der Waals surface area contributed by atoms with Crippen molar-refractivity contribution in [1.82, 2.24) is 20.5 Å². The molecule has 0 radical (unpaired) electrons. The minimum atomic E-state index is 0.579. The first-order valence-electron chi connectivity index (χ1n) is 7.35. The van der Waals surface area contributed by atoms with Crippen LogP contribution in [0.1, 0.15) is 12.6 Å². The van der Waals surface area contributed by atoms with Gasteiger partial charge < -0.3 is 20.3 Å². The molecule has 1 heterocycles. The summed E-state index contributed by atoms with van der Waals surface area (Å²) >= 11 is 0. The number of pyridine rings is 1. The number of guanidine groups is 1. The Hall–Kier alpha value is -1.66. The lowest BCUT2D eigenvalue weighted by atomic mass is 10.3. The second-order valence-corrected chi connectivity index (χ2v) is 4.74. The van der Waals surface area contributed by atoms with E-state index in [0.717, 1.165) is 44.4 Å². The van der Waals surface area contributed by atoms with Crippen molar-refractivity contribution in [2.24, 2.45) is 4.99 Å². The standard InChI is InChI=1S/C15H27N5O/c1-4-16-15(18-9-10-20(2)11-12-21-3)19-13-14-7-5-6-8-17-14/h5-8H,4,9-13H2,1-3H3,(H2,16,18,19). The summed E-state index contributed by atoms with van der Waals surface area (Å²) in [5, 5.41) is 6.56. The topological polar surface area (TPSA) is 61.8 Å². The Kier molecular flexibility index (Phi) is 9.15. The van der Waals surface area contributed by atoms with Crippen LogP contribution < -0.4 is 10.6 Å². The summed E-state index contributed by atoms with van der Waals surface area (Å²) in [5.41, 5.74) is 0.965. The third kappa shape index (κ3) is 8.27. The zero-order chi connectivity index (χ0) is 15.3. The van der Waals surface area contributed by atoms with Crippen LogP contribution in [-0.4, -0.2) is 62.8 Å². The van der Waals surface area contributed by atoms with Crippen molar-refractivity contribution in [2.45, 2.75) is 13.5 Å². The van der Waals surface area contributed by atoms with Crippen molar-refractivity contribution in [3.63, 3.8) is 0 Å². The molecular formula is C15H27N5O. The second-order valence-electron chi connectivity index (χ2n) is 4.74. The van der Waals surface area contributed by atoms with E-state index in [9.17, 15) is 0 Å². The maximum atomic E-state index is 5.06. The Bertz CT molecular complexity index is 396. The van der Waals surface area contributed by atoms with E-state index in [4.69, 9.17) is 4.74 Å². The lowest BCUT2D eigenvalue weighted by molar-refractivity contribution is 0.162. The number of nitrogens with one attached hydrogen (secondary N) is 2. The van der Waals surface area contributed by atoms with Crippen molar-refractivity contribution in [1.29, 1.82) is 0 Å². The SMILES string of the molecule is CCNC(=NCc1ccccn1)NCCN(C)CCOC. The molecule has 0 aliphatic rings. The van der Waals surface area contributed by atoms with Crippen LogP contribution in [0.3, 0.4) is 0 Å². The van der Waals surface area contributed by atoms with Crippen LogP contribution in [0.2, 0.25) is 0 Å². The quantitative estimate of drug-likeness (QED) is 0.519. The highest BCUT2D eigenvalue weighted by Gasteiger charge is 2.00. The van der Waals surface area contributed by atoms with Crippen LogP contribution in [0, 0.1) is 0 Å². The summed E-state index contributed by atoms with van der Waals surface area (Å²) < 4.78 is 5.06. The van der Waals surface area contributed by atoms with Crippen molar-refractivity contribution in [2.75, 3.05) is 46.9 Å². The maximum Gasteiger partial charge on any atom is 0.191 e. The Morgan fingerprint density at radius 3 is 2.86 bits per heavy atom. The molecule has 1 aromatic heterocycles. The van der Waals surface area contributed by atoms with Crippen LogP contribution in [0.25, 0.3) is 0 Å². The molecule has 0 aliphatic heterocycles. The highest BCUT2D eigenvalue weighted by molar-refractivity contribution is 5.79. The zero-order valence-electron chi connectivity index (χ0n) is 13.3. The molecule has 0 unspecified atom stereocenters. The molecule has 0 aromatic carbocycles. The van der Waals surface area contributed by atoms with E-state index < -0.39 is 0 Å². The summed E-state index contributed by atoms with van der Waals surface area (Å²) in [4.78, 5) is 11.0. The first-order valence-corrected chi connectivity index (χ1v) is 7.35. The third-order valence-corrected chi connectivity index (χ3v) is 2.93. The maximum absolute atomic E-state index is 5.06. The van der Waals surface area contributed by atoms with Gasteiger partial charge in [-0.1, -0.05) is 6.07 Å². The lowest BCUT2D eigenvalue weighted by Gasteiger charge is -2.17. The Morgan fingerprint density at radius 1 is 1.33 bits per heavy atom. The van der Waals surface area contributed by atoms with Gasteiger partial charge in [-0.05, 0) is 26.1 Å². The molecule has 0 atom stereocenters. The third-order valence-electron chi connectivity index (χ3n) is 2.93. The number of hydrogen-bond acceptors (Lipinski definition) is 4. The molecule has 2 N–H and O–H groups in total. The number of ether oxygens (including phenoxy) is 1. The minimum Gasteiger partial charge on any atom is -0.383 e. The summed E-state index contributed by atoms with van der Waals surface area (Å²) in [6.07, 6.45) is 1.79. The van der Waals surface area contributed by atoms with Crippen molar-refractivity contribution >= 4 is 5.96 Å². The second kappa shape index (κ2) is 11.0. The smallest absolute Gasteiger partial charge is 0.191 e. The number of aliphatic imine (C=N–C) groups is 1. The summed E-state index contributed by atoms with van der Waals surface area (Å²) in [6.45, 7) is 6.95. The number of nitrogens with zero attached hydrogens (tertiary/aromatic N) is 3. The van der Waals surface area contributed by atoms with E-state index in [2.05, 4.69) is 39.5 Å². The summed E-state index contributed by atoms with van der Waals surface area (Å²) in [5.74, 6) is 0.822. The van der Waals surface area contributed by atoms with Crippen LogP contribution in [0.5, 0.6) is 0 Å². The van der Waals surface area contributed by atoms with E-state index in [-0.39, 0.29) is 0 Å². The van der Waals surface area contributed by atoms with Gasteiger partial charge >= 0.3 is 0 Å². The van der Waals surface area contributed by atoms with Gasteiger partial charge in [0.05, 0.1) is 18.8 Å². The Balaban J connectivity index is 2.35. The van der Waals surface area contributed by atoms with Crippen LogP contribution in [0.15, 0.2) is 29.4 Å². The normalized spacial score (nSPS) is 11.7. The zero-order valence-corrected chi connectivity index (χ0v) is 13.3. The minimum absolute atomic E-state index is 0.579. The molecule has 21 heavy (non-hydrogen) atoms. The largest absolute Gasteiger partial charge is 0.383 e. The fourth-order valence-electron chi connectivity index (χ4n) is 1.72. The number of likely N-dealkylation sites (N-methyl/N-ethyl adjacent to an activating group) is 1. The van der Waals surface area contributed by atoms with E-state index in [0.29, 0.717) is 6.54 Å². The average molecular weight is 293 g/mol. The molecule has 0 fully saturated rings. The van der Waals surface area contributed by atoms with Gasteiger partial charge in [0.1, 0.15) is 0 Å². The highest BCUT2D eigenvalue weighted by atomic mass is 16.5. The van der Waals surface area contributed by atoms with Gasteiger partial charge in [0.15, 0.2) is 5.96 Å². The fraction of sp³-hybridized carbons (Fsp3) is 0.600. The van der Waals surface area contributed by atoms with E-state index in [1.807, 2.05) is 18.2 Å². The molecule has 6 nitrogen and oxygen atoms in total. The van der Waals surface area contributed by atoms with Crippen molar-refractivity contribution < 1.29 is 4.74 Å². The average Bonchev–Trinajstić information content (AvgIpc) is 2.51. The molecule has 0 saturated carbocycles. The van der Waals surface area contributed by atoms with Crippen molar-refractivity contribution in [3.8, 4) is 0 Å². The van der Waals surface area contributed by atoms with E-state index in [1.165, 1.54) is 0 Å². The van der Waals surface area contributed by atoms with Gasteiger partial charge in [0.25, 0.3) is 0 Å². The van der Waals surface area contributed by atoms with Gasteiger partial charge in [-0.15, -0.1) is 0 Å². The summed E-state index contributed by atoms with van der Waals surface area (Å²) in [6, 6.07) is 5.86. The van der Waals surface area contributed by atoms with Gasteiger partial charge in [0.2, 0.25) is 0 Å². The molecule has 0 amide bonds. The number of hydrogen-bond donors (Lipinski definition) is 2. The number of rotatable bonds is 9. The predicted molar refractivity (Wildman–Crippen MR) is 86.4 cm³/mol. The Labute approximate surface area is 127 Å². The molecule has 0 spiro atoms. The molecule has 6 heteroatoms. The number of aromatic nitrogens is 1. The highest BCUT2D eigenvalue weighted by Crippen LogP contribution is 1.95. The van der Waals surface area contributed by atoms with Crippen molar-refractivity contribution in [3.05, 3.63) is 30.1 Å². The van der Waals surface area contributed by atoms with Crippen LogP contribution in [0.4, 0.5) is 0 Å².